The molecule has 112 valence electrons. The number of rotatable bonds is 5. The van der Waals surface area contributed by atoms with Crippen LogP contribution in [0.15, 0.2) is 11.0 Å². The molecule has 2 N–H and O–H groups in total. The van der Waals surface area contributed by atoms with E-state index in [0.29, 0.717) is 11.1 Å². The van der Waals surface area contributed by atoms with Gasteiger partial charge in [-0.25, -0.2) is 8.42 Å². The highest BCUT2D eigenvalue weighted by molar-refractivity contribution is 7.89. The molecule has 0 unspecified atom stereocenters. The summed E-state index contributed by atoms with van der Waals surface area (Å²) >= 11 is 0. The average molecular weight is 299 g/mol. The summed E-state index contributed by atoms with van der Waals surface area (Å²) in [6.07, 6.45) is 0.192. The third-order valence-electron chi connectivity index (χ3n) is 3.57. The Morgan fingerprint density at radius 2 is 1.65 bits per heavy atom. The molecule has 0 saturated carbocycles. The third kappa shape index (κ3) is 3.19. The van der Waals surface area contributed by atoms with Crippen LogP contribution in [0.25, 0.3) is 0 Å². The fourth-order valence-electron chi connectivity index (χ4n) is 2.14. The zero-order valence-electron chi connectivity index (χ0n) is 12.4. The molecule has 0 aliphatic heterocycles. The zero-order chi connectivity index (χ0) is 15.7. The van der Waals surface area contributed by atoms with E-state index in [2.05, 4.69) is 4.72 Å². The predicted molar refractivity (Wildman–Crippen MR) is 77.4 cm³/mol. The highest BCUT2D eigenvalue weighted by Gasteiger charge is 2.27. The maximum atomic E-state index is 12.5. The Morgan fingerprint density at radius 3 is 2.00 bits per heavy atom. The van der Waals surface area contributed by atoms with Crippen LogP contribution in [0.1, 0.15) is 35.6 Å². The van der Waals surface area contributed by atoms with E-state index in [9.17, 15) is 13.2 Å². The Kier molecular flexibility index (Phi) is 4.94. The summed E-state index contributed by atoms with van der Waals surface area (Å²) in [5, 5.41) is 9.00. The van der Waals surface area contributed by atoms with Crippen molar-refractivity contribution in [3.05, 3.63) is 28.3 Å². The number of hydrogen-bond donors (Lipinski definition) is 2. The molecule has 0 spiro atoms. The predicted octanol–water partition coefficient (Wildman–Crippen LogP) is 2.06. The first-order valence-corrected chi connectivity index (χ1v) is 7.92. The standard InChI is InChI=1S/C14H21NO4S/c1-6-12(14(16)17)15-20(18,19)13-10(4)8(2)7-9(3)11(13)5/h7,12,15H,6H2,1-5H3,(H,16,17)/t12-/m0/s1. The van der Waals surface area contributed by atoms with Gasteiger partial charge >= 0.3 is 5.97 Å². The number of hydrogen-bond acceptors (Lipinski definition) is 3. The maximum absolute atomic E-state index is 12.5. The van der Waals surface area contributed by atoms with Gasteiger partial charge in [0.2, 0.25) is 10.0 Å². The van der Waals surface area contributed by atoms with E-state index in [1.165, 1.54) is 0 Å². The van der Waals surface area contributed by atoms with E-state index >= 15 is 0 Å². The van der Waals surface area contributed by atoms with E-state index in [1.54, 1.807) is 20.8 Å². The molecule has 1 atom stereocenters. The van der Waals surface area contributed by atoms with Gasteiger partial charge in [-0.2, -0.15) is 4.72 Å². The van der Waals surface area contributed by atoms with E-state index < -0.39 is 22.0 Å². The molecule has 0 heterocycles. The molecule has 0 aliphatic carbocycles. The molecule has 1 aromatic carbocycles. The molecule has 0 radical (unpaired) electrons. The van der Waals surface area contributed by atoms with Crippen molar-refractivity contribution in [1.29, 1.82) is 0 Å². The number of carboxylic acid groups (broad SMARTS) is 1. The Labute approximate surface area is 120 Å². The topological polar surface area (TPSA) is 83.5 Å². The molecule has 0 aromatic heterocycles. The van der Waals surface area contributed by atoms with Crippen LogP contribution in [0.3, 0.4) is 0 Å². The van der Waals surface area contributed by atoms with Crippen molar-refractivity contribution in [2.75, 3.05) is 0 Å². The highest BCUT2D eigenvalue weighted by atomic mass is 32.2. The lowest BCUT2D eigenvalue weighted by Crippen LogP contribution is -2.40. The largest absolute Gasteiger partial charge is 0.480 e. The van der Waals surface area contributed by atoms with Crippen molar-refractivity contribution in [3.63, 3.8) is 0 Å². The molecular formula is C14H21NO4S. The van der Waals surface area contributed by atoms with Crippen LogP contribution in [0.5, 0.6) is 0 Å². The van der Waals surface area contributed by atoms with Crippen molar-refractivity contribution in [2.24, 2.45) is 0 Å². The lowest BCUT2D eigenvalue weighted by atomic mass is 10.0. The first-order chi connectivity index (χ1) is 9.11. The minimum atomic E-state index is -3.85. The van der Waals surface area contributed by atoms with Crippen LogP contribution in [0, 0.1) is 27.7 Å². The fraction of sp³-hybridized carbons (Fsp3) is 0.500. The van der Waals surface area contributed by atoms with Crippen LogP contribution in [-0.4, -0.2) is 25.5 Å². The van der Waals surface area contributed by atoms with Gasteiger partial charge < -0.3 is 5.11 Å². The molecule has 5 nitrogen and oxygen atoms in total. The third-order valence-corrected chi connectivity index (χ3v) is 5.31. The summed E-state index contributed by atoms with van der Waals surface area (Å²) in [6, 6.07) is 0.817. The van der Waals surface area contributed by atoms with Gasteiger partial charge in [-0.1, -0.05) is 13.0 Å². The summed E-state index contributed by atoms with van der Waals surface area (Å²) < 4.78 is 27.2. The summed E-state index contributed by atoms with van der Waals surface area (Å²) in [7, 11) is -3.85. The van der Waals surface area contributed by atoms with Crippen molar-refractivity contribution < 1.29 is 18.3 Å². The second kappa shape index (κ2) is 5.93. The van der Waals surface area contributed by atoms with Gasteiger partial charge in [-0.3, -0.25) is 4.79 Å². The van der Waals surface area contributed by atoms with Gasteiger partial charge in [-0.05, 0) is 56.4 Å². The first-order valence-electron chi connectivity index (χ1n) is 6.44. The van der Waals surface area contributed by atoms with Crippen molar-refractivity contribution in [3.8, 4) is 0 Å². The first kappa shape index (κ1) is 16.7. The van der Waals surface area contributed by atoms with Crippen LogP contribution in [-0.2, 0) is 14.8 Å². The number of carboxylic acids is 1. The van der Waals surface area contributed by atoms with Crippen molar-refractivity contribution in [2.45, 2.75) is 52.0 Å². The van der Waals surface area contributed by atoms with Crippen LogP contribution in [0.2, 0.25) is 0 Å². The SMILES string of the molecule is CC[C@H](NS(=O)(=O)c1c(C)c(C)cc(C)c1C)C(=O)O. The monoisotopic (exact) mass is 299 g/mol. The Balaban J connectivity index is 3.40. The quantitative estimate of drug-likeness (QED) is 0.871. The number of sulfonamides is 1. The molecular weight excluding hydrogens is 278 g/mol. The summed E-state index contributed by atoms with van der Waals surface area (Å²) in [5.74, 6) is -1.17. The number of aliphatic carboxylic acids is 1. The molecule has 0 fully saturated rings. The molecule has 0 aliphatic rings. The number of aryl methyl sites for hydroxylation is 2. The number of carbonyl (C=O) groups is 1. The molecule has 6 heteroatoms. The normalized spacial score (nSPS) is 13.2. The lowest BCUT2D eigenvalue weighted by Gasteiger charge is -2.18. The molecule has 20 heavy (non-hydrogen) atoms. The molecule has 0 amide bonds. The highest BCUT2D eigenvalue weighted by Crippen LogP contribution is 2.26. The van der Waals surface area contributed by atoms with Gasteiger partial charge in [0.25, 0.3) is 0 Å². The number of nitrogens with one attached hydrogen (secondary N) is 1. The van der Waals surface area contributed by atoms with Crippen molar-refractivity contribution in [1.82, 2.24) is 4.72 Å². The molecule has 1 rings (SSSR count). The van der Waals surface area contributed by atoms with Gasteiger partial charge in [0.15, 0.2) is 0 Å². The summed E-state index contributed by atoms with van der Waals surface area (Å²) in [6.45, 7) is 8.78. The van der Waals surface area contributed by atoms with Gasteiger partial charge in [-0.15, -0.1) is 0 Å². The summed E-state index contributed by atoms with van der Waals surface area (Å²) in [4.78, 5) is 11.2. The Bertz CT molecular complexity index is 609. The average Bonchev–Trinajstić information content (AvgIpc) is 2.33. The molecule has 0 saturated heterocycles. The zero-order valence-corrected chi connectivity index (χ0v) is 13.3. The maximum Gasteiger partial charge on any atom is 0.321 e. The Morgan fingerprint density at radius 1 is 1.20 bits per heavy atom. The fourth-order valence-corrected chi connectivity index (χ4v) is 4.03. The number of benzene rings is 1. The van der Waals surface area contributed by atoms with Gasteiger partial charge in [0.1, 0.15) is 6.04 Å². The minimum absolute atomic E-state index is 0.190. The van der Waals surface area contributed by atoms with E-state index in [-0.39, 0.29) is 11.3 Å². The second-order valence-electron chi connectivity index (χ2n) is 5.01. The smallest absolute Gasteiger partial charge is 0.321 e. The van der Waals surface area contributed by atoms with Gasteiger partial charge in [0, 0.05) is 0 Å². The minimum Gasteiger partial charge on any atom is -0.480 e. The van der Waals surface area contributed by atoms with E-state index in [1.807, 2.05) is 19.9 Å². The Hall–Kier alpha value is -1.40. The van der Waals surface area contributed by atoms with E-state index in [4.69, 9.17) is 5.11 Å². The van der Waals surface area contributed by atoms with Crippen LogP contribution >= 0.6 is 0 Å². The molecule has 1 aromatic rings. The van der Waals surface area contributed by atoms with Crippen molar-refractivity contribution >= 4 is 16.0 Å². The van der Waals surface area contributed by atoms with Crippen LogP contribution < -0.4 is 4.72 Å². The van der Waals surface area contributed by atoms with Gasteiger partial charge in [0.05, 0.1) is 4.90 Å². The lowest BCUT2D eigenvalue weighted by molar-refractivity contribution is -0.139. The molecule has 0 bridgehead atoms. The summed E-state index contributed by atoms with van der Waals surface area (Å²) in [5.41, 5.74) is 3.05. The second-order valence-corrected chi connectivity index (χ2v) is 6.66. The van der Waals surface area contributed by atoms with Crippen LogP contribution in [0.4, 0.5) is 0 Å². The van der Waals surface area contributed by atoms with E-state index in [0.717, 1.165) is 11.1 Å².